The summed E-state index contributed by atoms with van der Waals surface area (Å²) in [7, 11) is 0. The van der Waals surface area contributed by atoms with Crippen LogP contribution in [0, 0.1) is 20.2 Å². The molecule has 8 heteroatoms. The molecule has 0 unspecified atom stereocenters. The van der Waals surface area contributed by atoms with E-state index in [1.165, 1.54) is 24.3 Å². The molecule has 0 spiro atoms. The van der Waals surface area contributed by atoms with E-state index in [0.29, 0.717) is 12.2 Å². The molecule has 21 heavy (non-hydrogen) atoms. The summed E-state index contributed by atoms with van der Waals surface area (Å²) in [6, 6.07) is 12.1. The Morgan fingerprint density at radius 1 is 0.810 bits per heavy atom. The third-order valence-electron chi connectivity index (χ3n) is 2.75. The van der Waals surface area contributed by atoms with Crippen LogP contribution in [-0.2, 0) is 6.54 Å². The minimum absolute atomic E-state index is 0.0240. The smallest absolute Gasteiger partial charge is 0.269 e. The molecule has 0 amide bonds. The van der Waals surface area contributed by atoms with Gasteiger partial charge < -0.3 is 5.43 Å². The highest BCUT2D eigenvalue weighted by molar-refractivity contribution is 5.47. The summed E-state index contributed by atoms with van der Waals surface area (Å²) in [6.07, 6.45) is 0. The first-order chi connectivity index (χ1) is 10.1. The fourth-order valence-corrected chi connectivity index (χ4v) is 1.65. The number of hydrazine groups is 1. The standard InChI is InChI=1S/C13H12N4O4/c18-16(19)12-5-1-10(2-6-12)9-14-15-11-3-7-13(8-4-11)17(20)21/h1-8,14-15H,9H2. The van der Waals surface area contributed by atoms with E-state index in [-0.39, 0.29) is 11.4 Å². The van der Waals surface area contributed by atoms with E-state index in [0.717, 1.165) is 5.56 Å². The molecular weight excluding hydrogens is 276 g/mol. The van der Waals surface area contributed by atoms with E-state index in [4.69, 9.17) is 0 Å². The number of non-ortho nitro benzene ring substituents is 2. The minimum atomic E-state index is -0.464. The number of nitro benzene ring substituents is 2. The van der Waals surface area contributed by atoms with Gasteiger partial charge in [0, 0.05) is 36.5 Å². The van der Waals surface area contributed by atoms with Crippen LogP contribution in [0.2, 0.25) is 0 Å². The minimum Gasteiger partial charge on any atom is -0.321 e. The fourth-order valence-electron chi connectivity index (χ4n) is 1.65. The summed E-state index contributed by atoms with van der Waals surface area (Å²) in [4.78, 5) is 20.1. The lowest BCUT2D eigenvalue weighted by Crippen LogP contribution is -2.20. The molecule has 2 aromatic rings. The number of anilines is 1. The Kier molecular flexibility index (Phi) is 4.42. The first-order valence-electron chi connectivity index (χ1n) is 6.03. The molecule has 0 aliphatic rings. The van der Waals surface area contributed by atoms with Crippen molar-refractivity contribution in [1.29, 1.82) is 0 Å². The summed E-state index contributed by atoms with van der Waals surface area (Å²) in [6.45, 7) is 0.453. The lowest BCUT2D eigenvalue weighted by Gasteiger charge is -2.08. The molecule has 0 bridgehead atoms. The molecule has 2 rings (SSSR count). The van der Waals surface area contributed by atoms with Crippen LogP contribution in [0.3, 0.4) is 0 Å². The van der Waals surface area contributed by atoms with Crippen molar-refractivity contribution in [2.24, 2.45) is 0 Å². The summed E-state index contributed by atoms with van der Waals surface area (Å²) in [5.74, 6) is 0. The van der Waals surface area contributed by atoms with Gasteiger partial charge in [0.25, 0.3) is 11.4 Å². The van der Waals surface area contributed by atoms with Gasteiger partial charge in [-0.1, -0.05) is 12.1 Å². The van der Waals surface area contributed by atoms with E-state index in [1.54, 1.807) is 24.3 Å². The van der Waals surface area contributed by atoms with Crippen molar-refractivity contribution in [3.8, 4) is 0 Å². The molecule has 0 aliphatic heterocycles. The van der Waals surface area contributed by atoms with Gasteiger partial charge in [0.05, 0.1) is 9.85 Å². The first kappa shape index (κ1) is 14.4. The van der Waals surface area contributed by atoms with Gasteiger partial charge in [-0.3, -0.25) is 20.2 Å². The third kappa shape index (κ3) is 3.98. The zero-order valence-electron chi connectivity index (χ0n) is 10.9. The zero-order chi connectivity index (χ0) is 15.2. The van der Waals surface area contributed by atoms with Crippen molar-refractivity contribution in [2.75, 3.05) is 5.43 Å². The molecule has 2 N–H and O–H groups in total. The van der Waals surface area contributed by atoms with Crippen molar-refractivity contribution in [3.05, 3.63) is 74.3 Å². The van der Waals surface area contributed by atoms with E-state index in [9.17, 15) is 20.2 Å². The molecule has 8 nitrogen and oxygen atoms in total. The van der Waals surface area contributed by atoms with Crippen molar-refractivity contribution in [3.63, 3.8) is 0 Å². The Bertz CT molecular complexity index is 583. The molecule has 0 saturated heterocycles. The number of nitro groups is 2. The number of nitrogens with one attached hydrogen (secondary N) is 2. The number of hydrogen-bond acceptors (Lipinski definition) is 6. The Labute approximate surface area is 119 Å². The maximum Gasteiger partial charge on any atom is 0.269 e. The Hall–Kier alpha value is -3.00. The van der Waals surface area contributed by atoms with E-state index in [1.807, 2.05) is 0 Å². The van der Waals surface area contributed by atoms with E-state index < -0.39 is 9.85 Å². The van der Waals surface area contributed by atoms with Gasteiger partial charge in [0.1, 0.15) is 0 Å². The van der Waals surface area contributed by atoms with Crippen LogP contribution in [0.5, 0.6) is 0 Å². The molecule has 0 atom stereocenters. The lowest BCUT2D eigenvalue weighted by atomic mass is 10.2. The van der Waals surface area contributed by atoms with Gasteiger partial charge in [-0.05, 0) is 17.7 Å². The third-order valence-corrected chi connectivity index (χ3v) is 2.75. The second kappa shape index (κ2) is 6.44. The monoisotopic (exact) mass is 288 g/mol. The summed E-state index contributed by atoms with van der Waals surface area (Å²) in [5, 5.41) is 21.0. The Morgan fingerprint density at radius 3 is 1.76 bits per heavy atom. The van der Waals surface area contributed by atoms with E-state index >= 15 is 0 Å². The first-order valence-corrected chi connectivity index (χ1v) is 6.03. The highest BCUT2D eigenvalue weighted by Gasteiger charge is 2.04. The van der Waals surface area contributed by atoms with Gasteiger partial charge in [-0.2, -0.15) is 0 Å². The second-order valence-electron chi connectivity index (χ2n) is 4.21. The predicted octanol–water partition coefficient (Wildman–Crippen LogP) is 2.62. The molecule has 0 aromatic heterocycles. The molecule has 0 radical (unpaired) electrons. The highest BCUT2D eigenvalue weighted by Crippen LogP contribution is 2.15. The SMILES string of the molecule is O=[N+]([O-])c1ccc(CNNc2ccc([N+](=O)[O-])cc2)cc1. The maximum absolute atomic E-state index is 10.5. The molecular formula is C13H12N4O4. The van der Waals surface area contributed by atoms with Crippen molar-refractivity contribution in [2.45, 2.75) is 6.54 Å². The van der Waals surface area contributed by atoms with Crippen LogP contribution in [-0.4, -0.2) is 9.85 Å². The van der Waals surface area contributed by atoms with Gasteiger partial charge in [-0.25, -0.2) is 5.43 Å². The summed E-state index contributed by atoms with van der Waals surface area (Å²) in [5.41, 5.74) is 7.44. The molecule has 0 heterocycles. The van der Waals surface area contributed by atoms with Gasteiger partial charge >= 0.3 is 0 Å². The normalized spacial score (nSPS) is 10.1. The highest BCUT2D eigenvalue weighted by atomic mass is 16.6. The number of nitrogens with zero attached hydrogens (tertiary/aromatic N) is 2. The number of benzene rings is 2. The molecule has 0 fully saturated rings. The average molecular weight is 288 g/mol. The van der Waals surface area contributed by atoms with Gasteiger partial charge in [0.15, 0.2) is 0 Å². The number of hydrogen-bond donors (Lipinski definition) is 2. The molecule has 108 valence electrons. The van der Waals surface area contributed by atoms with Crippen LogP contribution >= 0.6 is 0 Å². The largest absolute Gasteiger partial charge is 0.321 e. The summed E-state index contributed by atoms with van der Waals surface area (Å²) >= 11 is 0. The van der Waals surface area contributed by atoms with Crippen LogP contribution < -0.4 is 10.9 Å². The molecule has 0 saturated carbocycles. The zero-order valence-corrected chi connectivity index (χ0v) is 10.9. The Balaban J connectivity index is 1.86. The lowest BCUT2D eigenvalue weighted by molar-refractivity contribution is -0.385. The Morgan fingerprint density at radius 2 is 1.29 bits per heavy atom. The second-order valence-corrected chi connectivity index (χ2v) is 4.21. The average Bonchev–Trinajstić information content (AvgIpc) is 2.48. The molecule has 0 aliphatic carbocycles. The fraction of sp³-hybridized carbons (Fsp3) is 0.0769. The topological polar surface area (TPSA) is 110 Å². The molecule has 2 aromatic carbocycles. The van der Waals surface area contributed by atoms with Crippen molar-refractivity contribution < 1.29 is 9.85 Å². The van der Waals surface area contributed by atoms with Crippen LogP contribution in [0.1, 0.15) is 5.56 Å². The predicted molar refractivity (Wildman–Crippen MR) is 76.7 cm³/mol. The van der Waals surface area contributed by atoms with Gasteiger partial charge in [-0.15, -0.1) is 0 Å². The van der Waals surface area contributed by atoms with Crippen molar-refractivity contribution >= 4 is 17.1 Å². The van der Waals surface area contributed by atoms with Gasteiger partial charge in [0.2, 0.25) is 0 Å². The van der Waals surface area contributed by atoms with Crippen molar-refractivity contribution in [1.82, 2.24) is 5.43 Å². The van der Waals surface area contributed by atoms with Crippen LogP contribution in [0.15, 0.2) is 48.5 Å². The number of rotatable bonds is 6. The quantitative estimate of drug-likeness (QED) is 0.624. The van der Waals surface area contributed by atoms with E-state index in [2.05, 4.69) is 10.9 Å². The summed E-state index contributed by atoms with van der Waals surface area (Å²) < 4.78 is 0. The van der Waals surface area contributed by atoms with Crippen LogP contribution in [0.4, 0.5) is 17.1 Å². The van der Waals surface area contributed by atoms with Crippen LogP contribution in [0.25, 0.3) is 0 Å². The maximum atomic E-state index is 10.5.